The molecule has 2 rings (SSSR count). The van der Waals surface area contributed by atoms with Crippen molar-refractivity contribution in [2.75, 3.05) is 32.9 Å². The van der Waals surface area contributed by atoms with Crippen molar-refractivity contribution in [1.29, 1.82) is 0 Å². The number of amides is 1. The highest BCUT2D eigenvalue weighted by atomic mass is 16.2. The van der Waals surface area contributed by atoms with E-state index in [2.05, 4.69) is 9.88 Å². The van der Waals surface area contributed by atoms with Gasteiger partial charge in [0.2, 0.25) is 0 Å². The third kappa shape index (κ3) is 2.61. The molecule has 1 aliphatic rings. The molecule has 1 aliphatic heterocycles. The number of pyridine rings is 1. The first-order valence-corrected chi connectivity index (χ1v) is 6.25. The monoisotopic (exact) mass is 248 g/mol. The van der Waals surface area contributed by atoms with Gasteiger partial charge in [0.05, 0.1) is 5.56 Å². The molecule has 5 heteroatoms. The molecule has 1 saturated heterocycles. The fourth-order valence-corrected chi connectivity index (χ4v) is 2.45. The third-order valence-electron chi connectivity index (χ3n) is 3.30. The second-order valence-electron chi connectivity index (χ2n) is 5.02. The maximum Gasteiger partial charge on any atom is 0.257 e. The molecule has 1 amide bonds. The lowest BCUT2D eigenvalue weighted by Gasteiger charge is -2.27. The molecule has 0 saturated carbocycles. The van der Waals surface area contributed by atoms with Crippen molar-refractivity contribution in [1.82, 2.24) is 14.8 Å². The summed E-state index contributed by atoms with van der Waals surface area (Å²) in [5, 5.41) is 0. The second-order valence-corrected chi connectivity index (χ2v) is 5.02. The summed E-state index contributed by atoms with van der Waals surface area (Å²) in [4.78, 5) is 20.5. The molecule has 1 unspecified atom stereocenters. The minimum atomic E-state index is 0.00458. The summed E-state index contributed by atoms with van der Waals surface area (Å²) in [6.45, 7) is 1.71. The van der Waals surface area contributed by atoms with Gasteiger partial charge in [0.15, 0.2) is 0 Å². The lowest BCUT2D eigenvalue weighted by molar-refractivity contribution is 0.0717. The van der Waals surface area contributed by atoms with Crippen LogP contribution in [0.5, 0.6) is 0 Å². The number of likely N-dealkylation sites (tertiary alicyclic amines) is 1. The second kappa shape index (κ2) is 5.35. The van der Waals surface area contributed by atoms with E-state index in [9.17, 15) is 4.79 Å². The van der Waals surface area contributed by atoms with Crippen LogP contribution in [0.3, 0.4) is 0 Å². The quantitative estimate of drug-likeness (QED) is 0.860. The van der Waals surface area contributed by atoms with Gasteiger partial charge in [-0.15, -0.1) is 0 Å². The molecule has 2 heterocycles. The molecule has 1 fully saturated rings. The Hall–Kier alpha value is -1.62. The van der Waals surface area contributed by atoms with Gasteiger partial charge in [-0.25, -0.2) is 0 Å². The number of anilines is 1. The van der Waals surface area contributed by atoms with Gasteiger partial charge in [-0.2, -0.15) is 0 Å². The number of nitrogens with two attached hydrogens (primary N) is 1. The summed E-state index contributed by atoms with van der Waals surface area (Å²) in [5.74, 6) is 0.00458. The van der Waals surface area contributed by atoms with Gasteiger partial charge in [-0.05, 0) is 33.0 Å². The highest BCUT2D eigenvalue weighted by molar-refractivity contribution is 5.99. The number of nitrogens with zero attached hydrogens (tertiary/aromatic N) is 3. The zero-order valence-electron chi connectivity index (χ0n) is 11.0. The highest BCUT2D eigenvalue weighted by Gasteiger charge is 2.30. The van der Waals surface area contributed by atoms with Crippen LogP contribution in [0.25, 0.3) is 0 Å². The van der Waals surface area contributed by atoms with E-state index in [4.69, 9.17) is 5.73 Å². The number of nitrogen functional groups attached to an aromatic ring is 1. The number of hydrogen-bond donors (Lipinski definition) is 1. The summed E-state index contributed by atoms with van der Waals surface area (Å²) in [5.41, 5.74) is 6.86. The van der Waals surface area contributed by atoms with Crippen LogP contribution in [0, 0.1) is 0 Å². The van der Waals surface area contributed by atoms with E-state index in [1.807, 2.05) is 19.0 Å². The molecular weight excluding hydrogens is 228 g/mol. The van der Waals surface area contributed by atoms with Crippen LogP contribution in [0.2, 0.25) is 0 Å². The van der Waals surface area contributed by atoms with Crippen LogP contribution in [-0.4, -0.2) is 53.9 Å². The Kier molecular flexibility index (Phi) is 3.81. The van der Waals surface area contributed by atoms with E-state index in [-0.39, 0.29) is 11.9 Å². The smallest absolute Gasteiger partial charge is 0.257 e. The fraction of sp³-hybridized carbons (Fsp3) is 0.538. The average Bonchev–Trinajstić information content (AvgIpc) is 2.76. The minimum Gasteiger partial charge on any atom is -0.398 e. The largest absolute Gasteiger partial charge is 0.398 e. The van der Waals surface area contributed by atoms with Crippen molar-refractivity contribution >= 4 is 11.6 Å². The van der Waals surface area contributed by atoms with Crippen LogP contribution in [0.15, 0.2) is 18.5 Å². The summed E-state index contributed by atoms with van der Waals surface area (Å²) in [6.07, 6.45) is 5.28. The van der Waals surface area contributed by atoms with Gasteiger partial charge in [-0.3, -0.25) is 9.78 Å². The Morgan fingerprint density at radius 3 is 3.06 bits per heavy atom. The van der Waals surface area contributed by atoms with Crippen LogP contribution in [0.1, 0.15) is 23.2 Å². The predicted molar refractivity (Wildman–Crippen MR) is 71.3 cm³/mol. The van der Waals surface area contributed by atoms with Crippen molar-refractivity contribution < 1.29 is 4.79 Å². The number of rotatable bonds is 3. The maximum absolute atomic E-state index is 12.4. The van der Waals surface area contributed by atoms with Crippen molar-refractivity contribution in [3.63, 3.8) is 0 Å². The Morgan fingerprint density at radius 1 is 1.61 bits per heavy atom. The van der Waals surface area contributed by atoms with E-state index < -0.39 is 0 Å². The first-order valence-electron chi connectivity index (χ1n) is 6.25. The number of aromatic nitrogens is 1. The topological polar surface area (TPSA) is 62.5 Å². The summed E-state index contributed by atoms with van der Waals surface area (Å²) in [7, 11) is 4.05. The highest BCUT2D eigenvalue weighted by Crippen LogP contribution is 2.22. The van der Waals surface area contributed by atoms with E-state index in [1.54, 1.807) is 18.5 Å². The Balaban J connectivity index is 2.15. The molecule has 1 aromatic rings. The standard InChI is InChI=1S/C13H20N4O/c1-16(2)9-10-4-3-7-17(10)13(18)11-8-15-6-5-12(11)14/h5-6,8,10H,3-4,7,9H2,1-2H3,(H2,14,15). The maximum atomic E-state index is 12.4. The Labute approximate surface area is 108 Å². The van der Waals surface area contributed by atoms with E-state index in [1.165, 1.54) is 0 Å². The lowest BCUT2D eigenvalue weighted by Crippen LogP contribution is -2.41. The summed E-state index contributed by atoms with van der Waals surface area (Å²) in [6, 6.07) is 1.96. The zero-order chi connectivity index (χ0) is 13.1. The van der Waals surface area contributed by atoms with Crippen molar-refractivity contribution in [2.24, 2.45) is 0 Å². The predicted octanol–water partition coefficient (Wildman–Crippen LogP) is 0.830. The normalized spacial score (nSPS) is 19.5. The van der Waals surface area contributed by atoms with E-state index in [0.717, 1.165) is 25.9 Å². The molecule has 98 valence electrons. The number of hydrogen-bond acceptors (Lipinski definition) is 4. The molecule has 2 N–H and O–H groups in total. The number of likely N-dealkylation sites (N-methyl/N-ethyl adjacent to an activating group) is 1. The van der Waals surface area contributed by atoms with Crippen LogP contribution in [0.4, 0.5) is 5.69 Å². The van der Waals surface area contributed by atoms with Crippen LogP contribution >= 0.6 is 0 Å². The van der Waals surface area contributed by atoms with E-state index >= 15 is 0 Å². The van der Waals surface area contributed by atoms with Gasteiger partial charge in [-0.1, -0.05) is 0 Å². The molecule has 0 aliphatic carbocycles. The van der Waals surface area contributed by atoms with Crippen molar-refractivity contribution in [2.45, 2.75) is 18.9 Å². The van der Waals surface area contributed by atoms with Gasteiger partial charge >= 0.3 is 0 Å². The molecule has 0 bridgehead atoms. The molecule has 0 aromatic carbocycles. The lowest BCUT2D eigenvalue weighted by atomic mass is 10.1. The molecule has 0 spiro atoms. The third-order valence-corrected chi connectivity index (χ3v) is 3.30. The first kappa shape index (κ1) is 12.8. The zero-order valence-corrected chi connectivity index (χ0v) is 11.0. The van der Waals surface area contributed by atoms with Gasteiger partial charge < -0.3 is 15.5 Å². The molecule has 5 nitrogen and oxygen atoms in total. The number of carbonyl (C=O) groups is 1. The van der Waals surface area contributed by atoms with Gasteiger partial charge in [0.1, 0.15) is 0 Å². The SMILES string of the molecule is CN(C)CC1CCCN1C(=O)c1cnccc1N. The average molecular weight is 248 g/mol. The van der Waals surface area contributed by atoms with E-state index in [0.29, 0.717) is 11.3 Å². The van der Waals surface area contributed by atoms with Gasteiger partial charge in [0.25, 0.3) is 5.91 Å². The number of carbonyl (C=O) groups excluding carboxylic acids is 1. The fourth-order valence-electron chi connectivity index (χ4n) is 2.45. The molecule has 1 atom stereocenters. The first-order chi connectivity index (χ1) is 8.59. The summed E-state index contributed by atoms with van der Waals surface area (Å²) >= 11 is 0. The van der Waals surface area contributed by atoms with Crippen LogP contribution in [-0.2, 0) is 0 Å². The molecule has 1 aromatic heterocycles. The molecule has 18 heavy (non-hydrogen) atoms. The van der Waals surface area contributed by atoms with Gasteiger partial charge in [0, 0.05) is 37.2 Å². The minimum absolute atomic E-state index is 0.00458. The van der Waals surface area contributed by atoms with Crippen molar-refractivity contribution in [3.05, 3.63) is 24.0 Å². The van der Waals surface area contributed by atoms with Crippen molar-refractivity contribution in [3.8, 4) is 0 Å². The molecular formula is C13H20N4O. The van der Waals surface area contributed by atoms with Crippen LogP contribution < -0.4 is 5.73 Å². The molecule has 0 radical (unpaired) electrons. The summed E-state index contributed by atoms with van der Waals surface area (Å²) < 4.78 is 0. The Morgan fingerprint density at radius 2 is 2.39 bits per heavy atom. The Bertz CT molecular complexity index is 433.